The average Bonchev–Trinajstić information content (AvgIpc) is 2.47. The van der Waals surface area contributed by atoms with Crippen molar-refractivity contribution in [3.8, 4) is 0 Å². The second kappa shape index (κ2) is 4.00. The van der Waals surface area contributed by atoms with Crippen LogP contribution in [-0.2, 0) is 0 Å². The number of imidazole rings is 1. The molecule has 4 heteroatoms. The molecule has 1 heterocycles. The minimum Gasteiger partial charge on any atom is -0.397 e. The normalized spacial score (nSPS) is 12.1. The summed E-state index contributed by atoms with van der Waals surface area (Å²) in [5, 5.41) is 0. The Bertz CT molecular complexity index is 360. The van der Waals surface area contributed by atoms with Crippen molar-refractivity contribution in [2.24, 2.45) is 5.73 Å². The predicted octanol–water partition coefficient (Wildman–Crippen LogP) is 1.53. The van der Waals surface area contributed by atoms with E-state index in [-0.39, 0.29) is 6.04 Å². The molecule has 0 aliphatic carbocycles. The minimum absolute atomic E-state index is 0.285. The van der Waals surface area contributed by atoms with Crippen molar-refractivity contribution >= 4 is 11.5 Å². The average molecular weight is 192 g/mol. The molecule has 4 N–H and O–H groups in total. The van der Waals surface area contributed by atoms with Crippen LogP contribution >= 0.6 is 0 Å². The van der Waals surface area contributed by atoms with Crippen molar-refractivity contribution in [2.45, 2.75) is 19.9 Å². The maximum atomic E-state index is 5.88. The van der Waals surface area contributed by atoms with Crippen LogP contribution in [-0.4, -0.2) is 9.55 Å². The van der Waals surface area contributed by atoms with Gasteiger partial charge >= 0.3 is 0 Å². The molecule has 0 bridgehead atoms. The number of nitrogen functional groups attached to an aromatic ring is 1. The fraction of sp³-hybridized carbons (Fsp3) is 0.300. The van der Waals surface area contributed by atoms with Gasteiger partial charge in [-0.05, 0) is 19.9 Å². The van der Waals surface area contributed by atoms with Gasteiger partial charge < -0.3 is 16.0 Å². The molecule has 0 amide bonds. The zero-order valence-electron chi connectivity index (χ0n) is 8.57. The lowest BCUT2D eigenvalue weighted by Crippen LogP contribution is -2.06. The van der Waals surface area contributed by atoms with Crippen LogP contribution < -0.4 is 11.5 Å². The zero-order valence-corrected chi connectivity index (χ0v) is 8.57. The number of hydrogen-bond acceptors (Lipinski definition) is 3. The van der Waals surface area contributed by atoms with Crippen LogP contribution in [0.1, 0.15) is 25.6 Å². The first kappa shape index (κ1) is 10.4. The van der Waals surface area contributed by atoms with Gasteiger partial charge in [-0.3, -0.25) is 0 Å². The Morgan fingerprint density at radius 1 is 1.64 bits per heavy atom. The molecular formula is C10H16N4. The summed E-state index contributed by atoms with van der Waals surface area (Å²) in [5.74, 6) is 0.593. The largest absolute Gasteiger partial charge is 0.397 e. The number of nitrogens with zero attached hydrogens (tertiary/aromatic N) is 2. The number of rotatable bonds is 3. The zero-order chi connectivity index (χ0) is 10.7. The molecule has 0 aliphatic rings. The van der Waals surface area contributed by atoms with Crippen LogP contribution in [0.2, 0.25) is 0 Å². The van der Waals surface area contributed by atoms with Gasteiger partial charge in [0.25, 0.3) is 0 Å². The predicted molar refractivity (Wildman–Crippen MR) is 59.4 cm³/mol. The lowest BCUT2D eigenvalue weighted by atomic mass is 10.3. The molecule has 0 aliphatic heterocycles. The van der Waals surface area contributed by atoms with E-state index >= 15 is 0 Å². The maximum Gasteiger partial charge on any atom is 0.133 e. The molecular weight excluding hydrogens is 176 g/mol. The van der Waals surface area contributed by atoms with E-state index in [1.165, 1.54) is 0 Å². The summed E-state index contributed by atoms with van der Waals surface area (Å²) in [7, 11) is 0. The van der Waals surface area contributed by atoms with Gasteiger partial charge in [0.2, 0.25) is 0 Å². The Hall–Kier alpha value is -1.71. The Balaban J connectivity index is 3.13. The third kappa shape index (κ3) is 1.79. The van der Waals surface area contributed by atoms with E-state index in [4.69, 9.17) is 11.5 Å². The first-order valence-corrected chi connectivity index (χ1v) is 4.48. The van der Waals surface area contributed by atoms with Crippen LogP contribution in [0.25, 0.3) is 5.70 Å². The molecule has 0 spiro atoms. The highest BCUT2D eigenvalue weighted by Crippen LogP contribution is 2.19. The van der Waals surface area contributed by atoms with E-state index in [0.717, 1.165) is 0 Å². The smallest absolute Gasteiger partial charge is 0.133 e. The Kier molecular flexibility index (Phi) is 2.96. The highest BCUT2D eigenvalue weighted by atomic mass is 15.1. The second-order valence-corrected chi connectivity index (χ2v) is 3.34. The molecule has 0 fully saturated rings. The molecule has 0 aromatic carbocycles. The number of nitrogens with two attached hydrogens (primary N) is 2. The number of aromatic nitrogens is 2. The Morgan fingerprint density at radius 3 is 2.71 bits per heavy atom. The van der Waals surface area contributed by atoms with Gasteiger partial charge in [-0.2, -0.15) is 0 Å². The highest BCUT2D eigenvalue weighted by molar-refractivity contribution is 5.69. The summed E-state index contributed by atoms with van der Waals surface area (Å²) in [6.45, 7) is 7.64. The molecule has 0 unspecified atom stereocenters. The standard InChI is InChI=1S/C10H16N4/c1-4-5-8(11)9-10(12)14(6-13-9)7(2)3/h4-7H,1,11-12H2,2-3H3/b8-5+. The SMILES string of the molecule is C=C/C=C(/N)c1ncn(C(C)C)c1N. The van der Waals surface area contributed by atoms with Crippen molar-refractivity contribution in [3.05, 3.63) is 30.8 Å². The monoisotopic (exact) mass is 192 g/mol. The summed E-state index contributed by atoms with van der Waals surface area (Å²) < 4.78 is 1.87. The maximum absolute atomic E-state index is 5.88. The molecule has 14 heavy (non-hydrogen) atoms. The van der Waals surface area contributed by atoms with E-state index in [9.17, 15) is 0 Å². The second-order valence-electron chi connectivity index (χ2n) is 3.34. The summed E-state index contributed by atoms with van der Waals surface area (Å²) in [6.07, 6.45) is 4.99. The van der Waals surface area contributed by atoms with Crippen LogP contribution in [0, 0.1) is 0 Å². The van der Waals surface area contributed by atoms with Crippen LogP contribution in [0.4, 0.5) is 5.82 Å². The highest BCUT2D eigenvalue weighted by Gasteiger charge is 2.10. The third-order valence-electron chi connectivity index (χ3n) is 1.96. The summed E-state index contributed by atoms with van der Waals surface area (Å²) >= 11 is 0. The van der Waals surface area contributed by atoms with E-state index in [2.05, 4.69) is 11.6 Å². The lowest BCUT2D eigenvalue weighted by molar-refractivity contribution is 0.607. The van der Waals surface area contributed by atoms with Crippen LogP contribution in [0.5, 0.6) is 0 Å². The molecule has 1 aromatic heterocycles. The van der Waals surface area contributed by atoms with Crippen molar-refractivity contribution in [2.75, 3.05) is 5.73 Å². The Morgan fingerprint density at radius 2 is 2.29 bits per heavy atom. The Labute approximate surface area is 83.9 Å². The van der Waals surface area contributed by atoms with Gasteiger partial charge in [0, 0.05) is 6.04 Å². The van der Waals surface area contributed by atoms with Gasteiger partial charge in [-0.25, -0.2) is 4.98 Å². The molecule has 0 radical (unpaired) electrons. The van der Waals surface area contributed by atoms with Crippen LogP contribution in [0.3, 0.4) is 0 Å². The number of allylic oxidation sites excluding steroid dienone is 2. The van der Waals surface area contributed by atoms with Crippen molar-refractivity contribution in [1.29, 1.82) is 0 Å². The van der Waals surface area contributed by atoms with Gasteiger partial charge in [0.1, 0.15) is 11.5 Å². The molecule has 0 atom stereocenters. The fourth-order valence-electron chi connectivity index (χ4n) is 1.21. The molecule has 0 saturated carbocycles. The van der Waals surface area contributed by atoms with E-state index in [1.807, 2.05) is 18.4 Å². The molecule has 0 saturated heterocycles. The van der Waals surface area contributed by atoms with E-state index in [0.29, 0.717) is 17.2 Å². The molecule has 4 nitrogen and oxygen atoms in total. The van der Waals surface area contributed by atoms with Gasteiger partial charge in [-0.15, -0.1) is 0 Å². The van der Waals surface area contributed by atoms with Crippen molar-refractivity contribution < 1.29 is 0 Å². The van der Waals surface area contributed by atoms with Crippen molar-refractivity contribution in [1.82, 2.24) is 9.55 Å². The lowest BCUT2D eigenvalue weighted by Gasteiger charge is -2.08. The van der Waals surface area contributed by atoms with Crippen molar-refractivity contribution in [3.63, 3.8) is 0 Å². The fourth-order valence-corrected chi connectivity index (χ4v) is 1.21. The van der Waals surface area contributed by atoms with Gasteiger partial charge in [0.05, 0.1) is 12.0 Å². The molecule has 1 rings (SSSR count). The summed E-state index contributed by atoms with van der Waals surface area (Å²) in [4.78, 5) is 4.15. The number of anilines is 1. The first-order chi connectivity index (χ1) is 6.57. The van der Waals surface area contributed by atoms with Gasteiger partial charge in [-0.1, -0.05) is 12.7 Å². The molecule has 76 valence electrons. The summed E-state index contributed by atoms with van der Waals surface area (Å²) in [6, 6.07) is 0.285. The van der Waals surface area contributed by atoms with Crippen LogP contribution in [0.15, 0.2) is 25.1 Å². The van der Waals surface area contributed by atoms with E-state index in [1.54, 1.807) is 18.5 Å². The molecule has 1 aromatic rings. The third-order valence-corrected chi connectivity index (χ3v) is 1.96. The first-order valence-electron chi connectivity index (χ1n) is 4.48. The minimum atomic E-state index is 0.285. The van der Waals surface area contributed by atoms with E-state index < -0.39 is 0 Å². The van der Waals surface area contributed by atoms with Gasteiger partial charge in [0.15, 0.2) is 0 Å². The topological polar surface area (TPSA) is 69.9 Å². The summed E-state index contributed by atoms with van der Waals surface area (Å²) in [5.41, 5.74) is 12.8. The number of hydrogen-bond donors (Lipinski definition) is 2. The quantitative estimate of drug-likeness (QED) is 0.713.